The number of amides is 1. The largest absolute Gasteiger partial charge is 0.353 e. The highest BCUT2D eigenvalue weighted by atomic mass is 16.2. The molecular weight excluding hydrogens is 326 g/mol. The number of anilines is 1. The molecule has 26 heavy (non-hydrogen) atoms. The zero-order valence-electron chi connectivity index (χ0n) is 16.5. The lowest BCUT2D eigenvalue weighted by Crippen LogP contribution is -2.49. The zero-order chi connectivity index (χ0) is 18.5. The van der Waals surface area contributed by atoms with E-state index in [-0.39, 0.29) is 0 Å². The van der Waals surface area contributed by atoms with Gasteiger partial charge in [0.1, 0.15) is 11.6 Å². The third-order valence-electron chi connectivity index (χ3n) is 5.56. The lowest BCUT2D eigenvalue weighted by Gasteiger charge is -2.36. The van der Waals surface area contributed by atoms with Crippen molar-refractivity contribution < 1.29 is 4.79 Å². The number of piperazine rings is 1. The average Bonchev–Trinajstić information content (AvgIpc) is 2.66. The first kappa shape index (κ1) is 19.1. The summed E-state index contributed by atoms with van der Waals surface area (Å²) in [6.07, 6.45) is 4.18. The first-order valence-electron chi connectivity index (χ1n) is 10.1. The minimum absolute atomic E-state index is 0.324. The van der Waals surface area contributed by atoms with Crippen LogP contribution in [0.25, 0.3) is 0 Å². The van der Waals surface area contributed by atoms with E-state index in [1.54, 1.807) is 0 Å². The van der Waals surface area contributed by atoms with Crippen LogP contribution in [0.2, 0.25) is 0 Å². The molecule has 1 N–H and O–H groups in total. The molecule has 3 heterocycles. The molecule has 1 aromatic heterocycles. The molecule has 0 spiro atoms. The molecule has 2 aliphatic rings. The van der Waals surface area contributed by atoms with Crippen LogP contribution in [0, 0.1) is 12.8 Å². The number of carbonyl (C=O) groups is 1. The molecule has 6 nitrogen and oxygen atoms in total. The molecule has 2 fully saturated rings. The van der Waals surface area contributed by atoms with Gasteiger partial charge in [-0.25, -0.2) is 9.97 Å². The number of aryl methyl sites for hydroxylation is 1. The summed E-state index contributed by atoms with van der Waals surface area (Å²) in [7, 11) is 0. The lowest BCUT2D eigenvalue weighted by atomic mass is 9.93. The number of rotatable bonds is 5. The Morgan fingerprint density at radius 2 is 1.88 bits per heavy atom. The minimum Gasteiger partial charge on any atom is -0.353 e. The summed E-state index contributed by atoms with van der Waals surface area (Å²) in [4.78, 5) is 26.1. The van der Waals surface area contributed by atoms with Crippen molar-refractivity contribution >= 4 is 11.7 Å². The second-order valence-electron chi connectivity index (χ2n) is 7.98. The molecule has 0 atom stereocenters. The van der Waals surface area contributed by atoms with Crippen molar-refractivity contribution in [3.63, 3.8) is 0 Å². The molecule has 6 heteroatoms. The maximum atomic E-state index is 12.5. The fraction of sp³-hybridized carbons (Fsp3) is 0.750. The normalized spacial score (nSPS) is 19.2. The number of carbonyl (C=O) groups excluding carboxylic acids is 1. The van der Waals surface area contributed by atoms with Crippen LogP contribution < -0.4 is 10.2 Å². The van der Waals surface area contributed by atoms with E-state index in [4.69, 9.17) is 4.98 Å². The van der Waals surface area contributed by atoms with Gasteiger partial charge in [0.2, 0.25) is 5.91 Å². The molecule has 144 valence electrons. The van der Waals surface area contributed by atoms with E-state index < -0.39 is 0 Å². The summed E-state index contributed by atoms with van der Waals surface area (Å²) in [6, 6.07) is 2.06. The summed E-state index contributed by atoms with van der Waals surface area (Å²) in [5.41, 5.74) is 1.01. The number of nitrogens with one attached hydrogen (secondary N) is 1. The minimum atomic E-state index is 0.324. The molecule has 0 saturated carbocycles. The molecule has 0 aromatic carbocycles. The fourth-order valence-electron chi connectivity index (χ4n) is 3.84. The van der Waals surface area contributed by atoms with Gasteiger partial charge < -0.3 is 15.1 Å². The van der Waals surface area contributed by atoms with Crippen LogP contribution in [0.3, 0.4) is 0 Å². The van der Waals surface area contributed by atoms with Gasteiger partial charge in [-0.3, -0.25) is 4.79 Å². The predicted octanol–water partition coefficient (Wildman–Crippen LogP) is 2.34. The highest BCUT2D eigenvalue weighted by Gasteiger charge is 2.23. The third kappa shape index (κ3) is 4.93. The molecule has 0 aliphatic carbocycles. The van der Waals surface area contributed by atoms with Gasteiger partial charge in [0.25, 0.3) is 0 Å². The maximum absolute atomic E-state index is 12.5. The number of hydrogen-bond donors (Lipinski definition) is 1. The maximum Gasteiger partial charge on any atom is 0.222 e. The summed E-state index contributed by atoms with van der Waals surface area (Å²) < 4.78 is 0. The Kier molecular flexibility index (Phi) is 6.46. The van der Waals surface area contributed by atoms with Crippen LogP contribution in [0.5, 0.6) is 0 Å². The van der Waals surface area contributed by atoms with Crippen LogP contribution in [0.15, 0.2) is 6.07 Å². The van der Waals surface area contributed by atoms with Gasteiger partial charge in [-0.1, -0.05) is 13.8 Å². The summed E-state index contributed by atoms with van der Waals surface area (Å²) in [5.74, 6) is 3.28. The molecule has 2 saturated heterocycles. The van der Waals surface area contributed by atoms with Crippen molar-refractivity contribution in [1.29, 1.82) is 0 Å². The second kappa shape index (κ2) is 8.80. The predicted molar refractivity (Wildman–Crippen MR) is 104 cm³/mol. The molecule has 1 amide bonds. The molecule has 0 unspecified atom stereocenters. The number of nitrogens with zero attached hydrogens (tertiary/aromatic N) is 4. The molecule has 2 aliphatic heterocycles. The highest BCUT2D eigenvalue weighted by molar-refractivity contribution is 5.76. The van der Waals surface area contributed by atoms with Gasteiger partial charge >= 0.3 is 0 Å². The molecule has 1 aromatic rings. The van der Waals surface area contributed by atoms with E-state index in [0.29, 0.717) is 18.2 Å². The second-order valence-corrected chi connectivity index (χ2v) is 7.98. The van der Waals surface area contributed by atoms with Gasteiger partial charge in [-0.2, -0.15) is 0 Å². The monoisotopic (exact) mass is 359 g/mol. The zero-order valence-corrected chi connectivity index (χ0v) is 16.5. The van der Waals surface area contributed by atoms with Crippen molar-refractivity contribution in [1.82, 2.24) is 20.2 Å². The Bertz CT molecular complexity index is 604. The van der Waals surface area contributed by atoms with Crippen molar-refractivity contribution in [3.05, 3.63) is 17.6 Å². The molecule has 3 rings (SSSR count). The third-order valence-corrected chi connectivity index (χ3v) is 5.56. The van der Waals surface area contributed by atoms with Crippen molar-refractivity contribution in [2.45, 2.75) is 52.4 Å². The molecule has 0 bridgehead atoms. The SMILES string of the molecule is Cc1cc(N2CCN(C(=O)CCC3CCNCC3)CC2)nc(C(C)C)n1. The van der Waals surface area contributed by atoms with E-state index >= 15 is 0 Å². The summed E-state index contributed by atoms with van der Waals surface area (Å²) in [5, 5.41) is 3.39. The van der Waals surface area contributed by atoms with Gasteiger partial charge in [0, 0.05) is 50.3 Å². The first-order chi connectivity index (χ1) is 12.5. The van der Waals surface area contributed by atoms with Crippen molar-refractivity contribution in [3.8, 4) is 0 Å². The highest BCUT2D eigenvalue weighted by Crippen LogP contribution is 2.21. The average molecular weight is 360 g/mol. The van der Waals surface area contributed by atoms with Gasteiger partial charge in [0.15, 0.2) is 0 Å². The Morgan fingerprint density at radius 1 is 1.19 bits per heavy atom. The number of aromatic nitrogens is 2. The first-order valence-corrected chi connectivity index (χ1v) is 10.1. The van der Waals surface area contributed by atoms with Crippen LogP contribution in [-0.2, 0) is 4.79 Å². The molecular formula is C20H33N5O. The Hall–Kier alpha value is -1.69. The van der Waals surface area contributed by atoms with Gasteiger partial charge in [-0.15, -0.1) is 0 Å². The number of piperidine rings is 1. The molecule has 0 radical (unpaired) electrons. The van der Waals surface area contributed by atoms with Crippen LogP contribution in [0.1, 0.15) is 57.0 Å². The Labute approximate surface area is 157 Å². The fourth-order valence-corrected chi connectivity index (χ4v) is 3.84. The Balaban J connectivity index is 1.50. The van der Waals surface area contributed by atoms with Crippen LogP contribution in [0.4, 0.5) is 5.82 Å². The quantitative estimate of drug-likeness (QED) is 0.874. The Morgan fingerprint density at radius 3 is 2.54 bits per heavy atom. The number of hydrogen-bond acceptors (Lipinski definition) is 5. The van der Waals surface area contributed by atoms with Crippen LogP contribution in [-0.4, -0.2) is 60.0 Å². The van der Waals surface area contributed by atoms with E-state index in [9.17, 15) is 4.79 Å². The van der Waals surface area contributed by atoms with Crippen LogP contribution >= 0.6 is 0 Å². The van der Waals surface area contributed by atoms with Crippen molar-refractivity contribution in [2.75, 3.05) is 44.2 Å². The summed E-state index contributed by atoms with van der Waals surface area (Å²) >= 11 is 0. The van der Waals surface area contributed by atoms with Gasteiger partial charge in [0.05, 0.1) is 0 Å². The standard InChI is InChI=1S/C20H33N5O/c1-15(2)20-22-16(3)14-18(23-20)24-10-12-25(13-11-24)19(26)5-4-17-6-8-21-9-7-17/h14-15,17,21H,4-13H2,1-3H3. The smallest absolute Gasteiger partial charge is 0.222 e. The summed E-state index contributed by atoms with van der Waals surface area (Å²) in [6.45, 7) is 11.8. The van der Waals surface area contributed by atoms with E-state index in [2.05, 4.69) is 35.1 Å². The van der Waals surface area contributed by atoms with Gasteiger partial charge in [-0.05, 0) is 45.2 Å². The lowest BCUT2D eigenvalue weighted by molar-refractivity contribution is -0.131. The van der Waals surface area contributed by atoms with E-state index in [1.807, 2.05) is 11.8 Å². The van der Waals surface area contributed by atoms with E-state index in [1.165, 1.54) is 12.8 Å². The topological polar surface area (TPSA) is 61.4 Å². The van der Waals surface area contributed by atoms with E-state index in [0.717, 1.165) is 68.9 Å². The van der Waals surface area contributed by atoms with Crippen molar-refractivity contribution in [2.24, 2.45) is 5.92 Å².